The molecule has 0 rings (SSSR count). The molecule has 0 fully saturated rings. The molecule has 0 aliphatic carbocycles. The molecule has 0 atom stereocenters. The molecular formula is CH3N2O2Si. The van der Waals surface area contributed by atoms with Gasteiger partial charge in [-0.05, 0) is 0 Å². The third-order valence-corrected chi connectivity index (χ3v) is 0.523. The van der Waals surface area contributed by atoms with E-state index < -0.39 is 15.6 Å². The summed E-state index contributed by atoms with van der Waals surface area (Å²) >= 11 is 0. The second kappa shape index (κ2) is 2.52. The van der Waals surface area contributed by atoms with Gasteiger partial charge in [-0.3, -0.25) is 0 Å². The Hall–Kier alpha value is -0.713. The highest BCUT2D eigenvalue weighted by molar-refractivity contribution is 6.20. The van der Waals surface area contributed by atoms with Crippen molar-refractivity contribution in [1.82, 2.24) is 4.98 Å². The van der Waals surface area contributed by atoms with E-state index in [2.05, 4.69) is 5.73 Å². The van der Waals surface area contributed by atoms with Gasteiger partial charge in [-0.1, -0.05) is 0 Å². The Bertz CT molecular complexity index is 71.9. The van der Waals surface area contributed by atoms with Crippen molar-refractivity contribution < 1.29 is 9.26 Å². The summed E-state index contributed by atoms with van der Waals surface area (Å²) in [6.07, 6.45) is 0. The molecule has 0 saturated carbocycles. The van der Waals surface area contributed by atoms with Crippen LogP contribution in [-0.4, -0.2) is 15.6 Å². The van der Waals surface area contributed by atoms with Crippen LogP contribution in [0, 0.1) is 0 Å². The Morgan fingerprint density at radius 2 is 2.33 bits per heavy atom. The van der Waals surface area contributed by atoms with Crippen molar-refractivity contribution in [3.8, 4) is 0 Å². The van der Waals surface area contributed by atoms with E-state index in [4.69, 9.17) is 0 Å². The van der Waals surface area contributed by atoms with E-state index in [1.165, 1.54) is 0 Å². The summed E-state index contributed by atoms with van der Waals surface area (Å²) in [5.74, 6) is 0. The Morgan fingerprint density at radius 3 is 2.33 bits per heavy atom. The highest BCUT2D eigenvalue weighted by Gasteiger charge is 1.82. The fraction of sp³-hybridized carbons (Fsp3) is 0. The van der Waals surface area contributed by atoms with E-state index in [0.717, 1.165) is 0 Å². The first-order chi connectivity index (χ1) is 2.77. The maximum atomic E-state index is 9.52. The van der Waals surface area contributed by atoms with Gasteiger partial charge in [0, 0.05) is 0 Å². The molecule has 0 aromatic rings. The van der Waals surface area contributed by atoms with Crippen molar-refractivity contribution >= 4 is 15.6 Å². The maximum Gasteiger partial charge on any atom is 0.472 e. The van der Waals surface area contributed by atoms with Gasteiger partial charge in [-0.15, -0.1) is 0 Å². The first-order valence-electron chi connectivity index (χ1n) is 1.20. The SMILES string of the molecule is NC(=O)N[Si]=O. The van der Waals surface area contributed by atoms with Crippen molar-refractivity contribution in [2.75, 3.05) is 0 Å². The van der Waals surface area contributed by atoms with E-state index in [1.807, 2.05) is 4.98 Å². The third-order valence-electron chi connectivity index (χ3n) is 0.174. The number of primary amides is 1. The molecule has 3 N–H and O–H groups in total. The molecule has 0 heterocycles. The van der Waals surface area contributed by atoms with E-state index in [0.29, 0.717) is 0 Å². The van der Waals surface area contributed by atoms with Gasteiger partial charge in [0.2, 0.25) is 0 Å². The van der Waals surface area contributed by atoms with Crippen LogP contribution in [0.2, 0.25) is 0 Å². The molecule has 0 aliphatic rings. The monoisotopic (exact) mass is 103 g/mol. The zero-order chi connectivity index (χ0) is 4.99. The molecule has 0 spiro atoms. The topological polar surface area (TPSA) is 72.2 Å². The van der Waals surface area contributed by atoms with E-state index in [9.17, 15) is 9.26 Å². The molecule has 0 saturated heterocycles. The summed E-state index contributed by atoms with van der Waals surface area (Å²) < 4.78 is 9.36. The maximum absolute atomic E-state index is 9.52. The van der Waals surface area contributed by atoms with E-state index in [1.54, 1.807) is 0 Å². The molecule has 4 nitrogen and oxygen atoms in total. The van der Waals surface area contributed by atoms with Crippen LogP contribution in [0.25, 0.3) is 0 Å². The van der Waals surface area contributed by atoms with Gasteiger partial charge in [0.15, 0.2) is 0 Å². The molecule has 0 aromatic heterocycles. The number of carbonyl (C=O) groups excluding carboxylic acids is 1. The van der Waals surface area contributed by atoms with Gasteiger partial charge in [-0.25, -0.2) is 4.79 Å². The van der Waals surface area contributed by atoms with Crippen LogP contribution in [0.5, 0.6) is 0 Å². The number of nitrogens with one attached hydrogen (secondary N) is 1. The van der Waals surface area contributed by atoms with Gasteiger partial charge in [0.1, 0.15) is 0 Å². The molecule has 2 amide bonds. The molecule has 6 heavy (non-hydrogen) atoms. The predicted octanol–water partition coefficient (Wildman–Crippen LogP) is -1.38. The molecule has 0 bridgehead atoms. The largest absolute Gasteiger partial charge is 0.472 e. The fourth-order valence-corrected chi connectivity index (χ4v) is 0.151. The van der Waals surface area contributed by atoms with Crippen molar-refractivity contribution in [1.29, 1.82) is 0 Å². The Morgan fingerprint density at radius 1 is 1.83 bits per heavy atom. The lowest BCUT2D eigenvalue weighted by Gasteiger charge is -1.78. The van der Waals surface area contributed by atoms with Crippen LogP contribution in [0.4, 0.5) is 4.79 Å². The Labute approximate surface area is 36.7 Å². The van der Waals surface area contributed by atoms with Crippen molar-refractivity contribution in [2.24, 2.45) is 5.73 Å². The standard InChI is InChI=1S/CH3N2O2Si/c2-1(4)3-6-5/h(H3,2,3,4). The van der Waals surface area contributed by atoms with E-state index in [-0.39, 0.29) is 0 Å². The molecular weight excluding hydrogens is 100 g/mol. The van der Waals surface area contributed by atoms with Gasteiger partial charge in [0.25, 0.3) is 0 Å². The minimum Gasteiger partial charge on any atom is -0.354 e. The lowest BCUT2D eigenvalue weighted by molar-refractivity contribution is 0.253. The summed E-state index contributed by atoms with van der Waals surface area (Å²) in [6, 6.07) is -0.761. The number of nitrogens with two attached hydrogens (primary N) is 1. The van der Waals surface area contributed by atoms with Gasteiger partial charge >= 0.3 is 15.6 Å². The summed E-state index contributed by atoms with van der Waals surface area (Å²) in [5.41, 5.74) is 4.46. The van der Waals surface area contributed by atoms with Gasteiger partial charge < -0.3 is 15.2 Å². The van der Waals surface area contributed by atoms with Gasteiger partial charge in [-0.2, -0.15) is 0 Å². The second-order valence-corrected chi connectivity index (χ2v) is 1.05. The summed E-state index contributed by atoms with van der Waals surface area (Å²) in [5, 5.41) is 0. The second-order valence-electron chi connectivity index (χ2n) is 0.591. The number of hydrogen-bond donors (Lipinski definition) is 2. The average molecular weight is 103 g/mol. The first-order valence-corrected chi connectivity index (χ1v) is 2.11. The Kier molecular flexibility index (Phi) is 2.22. The highest BCUT2D eigenvalue weighted by atomic mass is 28.2. The lowest BCUT2D eigenvalue weighted by atomic mass is 11.2. The zero-order valence-electron chi connectivity index (χ0n) is 2.89. The minimum atomic E-state index is -0.836. The third kappa shape index (κ3) is 3.29. The number of hydrogen-bond acceptors (Lipinski definition) is 2. The molecule has 0 aliphatic heterocycles. The van der Waals surface area contributed by atoms with Crippen LogP contribution < -0.4 is 10.7 Å². The first kappa shape index (κ1) is 5.29. The summed E-state index contributed by atoms with van der Waals surface area (Å²) in [4.78, 5) is 11.3. The molecule has 0 aromatic carbocycles. The number of rotatable bonds is 1. The smallest absolute Gasteiger partial charge is 0.354 e. The lowest BCUT2D eigenvalue weighted by Crippen LogP contribution is -2.28. The number of urea groups is 1. The van der Waals surface area contributed by atoms with Crippen LogP contribution >= 0.6 is 0 Å². The van der Waals surface area contributed by atoms with Crippen molar-refractivity contribution in [3.63, 3.8) is 0 Å². The zero-order valence-corrected chi connectivity index (χ0v) is 3.89. The predicted molar refractivity (Wildman–Crippen MR) is 19.2 cm³/mol. The van der Waals surface area contributed by atoms with Crippen molar-refractivity contribution in [3.05, 3.63) is 0 Å². The number of amides is 2. The summed E-state index contributed by atoms with van der Waals surface area (Å²) in [7, 11) is -0.836. The van der Waals surface area contributed by atoms with Crippen LogP contribution in [0.15, 0.2) is 0 Å². The van der Waals surface area contributed by atoms with Crippen molar-refractivity contribution in [2.45, 2.75) is 0 Å². The van der Waals surface area contributed by atoms with Crippen LogP contribution in [0.1, 0.15) is 0 Å². The number of carbonyl (C=O) groups is 1. The van der Waals surface area contributed by atoms with Crippen LogP contribution in [0.3, 0.4) is 0 Å². The quantitative estimate of drug-likeness (QED) is 0.401. The van der Waals surface area contributed by atoms with Crippen LogP contribution in [-0.2, 0) is 4.46 Å². The molecule has 5 heteroatoms. The summed E-state index contributed by atoms with van der Waals surface area (Å²) in [6.45, 7) is 0. The van der Waals surface area contributed by atoms with E-state index >= 15 is 0 Å². The highest BCUT2D eigenvalue weighted by Crippen LogP contribution is 1.40. The van der Waals surface area contributed by atoms with Gasteiger partial charge in [0.05, 0.1) is 0 Å². The fourth-order valence-electron chi connectivity index (χ4n) is 0.0503. The molecule has 33 valence electrons. The Balaban J connectivity index is 3.05. The normalized spacial score (nSPS) is 6.67. The minimum absolute atomic E-state index is 0.761. The average Bonchev–Trinajstić information content (AvgIpc) is 1.35. The molecule has 0 unspecified atom stereocenters. The molecule has 1 radical (unpaired) electrons.